The largest absolute Gasteiger partial charge is 0.507 e. The van der Waals surface area contributed by atoms with E-state index in [2.05, 4.69) is 16.8 Å². The van der Waals surface area contributed by atoms with Crippen LogP contribution in [0.15, 0.2) is 23.2 Å². The lowest BCUT2D eigenvalue weighted by Gasteiger charge is -2.42. The summed E-state index contributed by atoms with van der Waals surface area (Å²) in [4.78, 5) is 49.6. The summed E-state index contributed by atoms with van der Waals surface area (Å²) in [6, 6.07) is 3.87. The number of nitrogens with zero attached hydrogens (tertiary/aromatic N) is 3. The topological polar surface area (TPSA) is 179 Å². The van der Waals surface area contributed by atoms with Crippen molar-refractivity contribution in [2.75, 3.05) is 40.3 Å². The van der Waals surface area contributed by atoms with E-state index in [4.69, 9.17) is 19.2 Å². The minimum absolute atomic E-state index is 0.0106. The molecule has 5 unspecified atom stereocenters. The van der Waals surface area contributed by atoms with E-state index in [1.165, 1.54) is 32.2 Å². The van der Waals surface area contributed by atoms with E-state index in [9.17, 15) is 34.8 Å². The Morgan fingerprint density at radius 3 is 2.38 bits per heavy atom. The van der Waals surface area contributed by atoms with Crippen molar-refractivity contribution in [3.8, 4) is 17.2 Å². The van der Waals surface area contributed by atoms with Crippen LogP contribution in [0.3, 0.4) is 0 Å². The Kier molecular flexibility index (Phi) is 8.64. The van der Waals surface area contributed by atoms with Gasteiger partial charge in [-0.05, 0) is 33.9 Å². The SMILES string of the molecule is COc1cccc2c1C(=O)c1c(O)c3c(c(O)c1C2=O)CC(O)(C(C)=O)C[C@@H]3OC1CC(N=C(C)N2CCN(C)CC2)C(O)C(C)O1. The Bertz CT molecular complexity index is 1670. The van der Waals surface area contributed by atoms with Gasteiger partial charge in [0.2, 0.25) is 5.78 Å². The zero-order chi connectivity index (χ0) is 33.9. The lowest BCUT2D eigenvalue weighted by atomic mass is 9.72. The second kappa shape index (κ2) is 12.3. The molecule has 4 N–H and O–H groups in total. The number of aromatic hydroxyl groups is 2. The molecule has 0 saturated carbocycles. The number of carbonyl (C=O) groups is 3. The van der Waals surface area contributed by atoms with Gasteiger partial charge in [-0.3, -0.25) is 19.4 Å². The predicted molar refractivity (Wildman–Crippen MR) is 168 cm³/mol. The van der Waals surface area contributed by atoms with E-state index in [1.54, 1.807) is 6.92 Å². The van der Waals surface area contributed by atoms with Gasteiger partial charge in [-0.15, -0.1) is 0 Å². The third-order valence-electron chi connectivity index (χ3n) is 10.0. The molecule has 0 radical (unpaired) electrons. The smallest absolute Gasteiger partial charge is 0.202 e. The Morgan fingerprint density at radius 2 is 1.72 bits per heavy atom. The molecular weight excluding hydrogens is 610 g/mol. The van der Waals surface area contributed by atoms with Crippen molar-refractivity contribution in [3.63, 3.8) is 0 Å². The van der Waals surface area contributed by atoms with Crippen LogP contribution >= 0.6 is 0 Å². The number of ketones is 3. The fraction of sp³-hybridized carbons (Fsp3) is 0.529. The van der Waals surface area contributed by atoms with Crippen molar-refractivity contribution < 1.29 is 49.0 Å². The highest BCUT2D eigenvalue weighted by Crippen LogP contribution is 2.52. The maximum absolute atomic E-state index is 13.9. The Labute approximate surface area is 272 Å². The molecule has 252 valence electrons. The molecule has 2 heterocycles. The minimum Gasteiger partial charge on any atom is -0.507 e. The number of benzene rings is 2. The standard InChI is InChI=1S/C34H41N3O10/c1-16-29(39)21(35-18(3)37-11-9-36(4)10-12-37)13-24(46-16)47-23-15-34(44,17(2)38)14-20-26(23)33(43)28-27(31(20)41)30(40)19-7-6-8-22(45-5)25(19)32(28)42/h6-8,16,21,23-24,29,39,41,43-44H,9-15H2,1-5H3/t16?,21?,23-,24?,29?,34?/m0/s1. The molecule has 2 aromatic rings. The summed E-state index contributed by atoms with van der Waals surface area (Å²) in [6.45, 7) is 8.16. The molecule has 2 aliphatic heterocycles. The first-order valence-electron chi connectivity index (χ1n) is 15.8. The Hall–Kier alpha value is -3.88. The number of aliphatic hydroxyl groups excluding tert-OH is 1. The first-order valence-corrected chi connectivity index (χ1v) is 15.8. The molecule has 2 aliphatic carbocycles. The number of ether oxygens (including phenoxy) is 3. The summed E-state index contributed by atoms with van der Waals surface area (Å²) in [5.41, 5.74) is -3.01. The van der Waals surface area contributed by atoms with Crippen molar-refractivity contribution in [1.29, 1.82) is 0 Å². The summed E-state index contributed by atoms with van der Waals surface area (Å²) in [7, 11) is 3.41. The normalized spacial score (nSPS) is 29.6. The fourth-order valence-electron chi connectivity index (χ4n) is 7.18. The van der Waals surface area contributed by atoms with Crippen LogP contribution in [0.4, 0.5) is 0 Å². The highest BCUT2D eigenvalue weighted by atomic mass is 16.7. The number of hydrogen-bond acceptors (Lipinski definition) is 12. The van der Waals surface area contributed by atoms with Crippen LogP contribution in [0.1, 0.15) is 82.7 Å². The molecule has 0 bridgehead atoms. The quantitative estimate of drug-likeness (QED) is 0.179. The van der Waals surface area contributed by atoms with E-state index in [-0.39, 0.29) is 40.8 Å². The van der Waals surface area contributed by atoms with Crippen molar-refractivity contribution in [3.05, 3.63) is 51.6 Å². The fourth-order valence-corrected chi connectivity index (χ4v) is 7.18. The molecule has 2 fully saturated rings. The molecule has 2 saturated heterocycles. The van der Waals surface area contributed by atoms with E-state index in [0.717, 1.165) is 32.0 Å². The van der Waals surface area contributed by atoms with Crippen LogP contribution in [0.25, 0.3) is 0 Å². The van der Waals surface area contributed by atoms with Gasteiger partial charge in [0.05, 0.1) is 47.9 Å². The number of rotatable bonds is 5. The average molecular weight is 652 g/mol. The van der Waals surface area contributed by atoms with Gasteiger partial charge >= 0.3 is 0 Å². The van der Waals surface area contributed by atoms with Gasteiger partial charge in [0, 0.05) is 62.1 Å². The molecule has 6 atom stereocenters. The van der Waals surface area contributed by atoms with Gasteiger partial charge in [0.1, 0.15) is 29.0 Å². The number of amidine groups is 1. The maximum atomic E-state index is 13.9. The lowest BCUT2D eigenvalue weighted by Crippen LogP contribution is -2.50. The number of aliphatic imine (C=N–C) groups is 1. The van der Waals surface area contributed by atoms with Gasteiger partial charge in [0.15, 0.2) is 17.9 Å². The molecule has 4 aliphatic rings. The second-order valence-electron chi connectivity index (χ2n) is 13.0. The second-order valence-corrected chi connectivity index (χ2v) is 13.0. The van der Waals surface area contributed by atoms with Crippen molar-refractivity contribution in [1.82, 2.24) is 9.80 Å². The maximum Gasteiger partial charge on any atom is 0.202 e. The summed E-state index contributed by atoms with van der Waals surface area (Å²) in [5.74, 6) is -2.36. The van der Waals surface area contributed by atoms with Crippen LogP contribution in [0.2, 0.25) is 0 Å². The molecule has 47 heavy (non-hydrogen) atoms. The molecular formula is C34H41N3O10. The van der Waals surface area contributed by atoms with E-state index < -0.39 is 82.6 Å². The lowest BCUT2D eigenvalue weighted by molar-refractivity contribution is -0.247. The van der Waals surface area contributed by atoms with Crippen LogP contribution in [0.5, 0.6) is 17.2 Å². The summed E-state index contributed by atoms with van der Waals surface area (Å²) in [5, 5.41) is 45.8. The van der Waals surface area contributed by atoms with Gasteiger partial charge in [-0.1, -0.05) is 12.1 Å². The number of phenols is 2. The van der Waals surface area contributed by atoms with E-state index >= 15 is 0 Å². The monoisotopic (exact) mass is 651 g/mol. The number of methoxy groups -OCH3 is 1. The highest BCUT2D eigenvalue weighted by molar-refractivity contribution is 6.31. The van der Waals surface area contributed by atoms with Crippen molar-refractivity contribution in [2.45, 2.75) is 76.3 Å². The number of aliphatic hydroxyl groups is 2. The predicted octanol–water partition coefficient (Wildman–Crippen LogP) is 1.74. The van der Waals surface area contributed by atoms with Crippen LogP contribution in [-0.4, -0.2) is 124 Å². The third kappa shape index (κ3) is 5.59. The summed E-state index contributed by atoms with van der Waals surface area (Å²) in [6.07, 6.45) is -4.53. The summed E-state index contributed by atoms with van der Waals surface area (Å²) < 4.78 is 17.7. The average Bonchev–Trinajstić information content (AvgIpc) is 3.03. The molecule has 0 aromatic heterocycles. The number of hydrogen-bond donors (Lipinski definition) is 4. The van der Waals surface area contributed by atoms with Gasteiger partial charge in [-0.25, -0.2) is 0 Å². The van der Waals surface area contributed by atoms with Gasteiger partial charge in [-0.2, -0.15) is 0 Å². The molecule has 13 nitrogen and oxygen atoms in total. The van der Waals surface area contributed by atoms with Crippen molar-refractivity contribution in [2.24, 2.45) is 4.99 Å². The van der Waals surface area contributed by atoms with Gasteiger partial charge in [0.25, 0.3) is 0 Å². The number of fused-ring (bicyclic) bond motifs is 3. The Balaban J connectivity index is 1.39. The molecule has 6 rings (SSSR count). The molecule has 13 heteroatoms. The van der Waals surface area contributed by atoms with Crippen molar-refractivity contribution >= 4 is 23.2 Å². The van der Waals surface area contributed by atoms with Crippen LogP contribution in [0, 0.1) is 0 Å². The number of likely N-dealkylation sites (N-methyl/N-ethyl adjacent to an activating group) is 1. The van der Waals surface area contributed by atoms with E-state index in [0.29, 0.717) is 0 Å². The van der Waals surface area contributed by atoms with Crippen LogP contribution in [-0.2, 0) is 20.7 Å². The molecule has 2 aromatic carbocycles. The third-order valence-corrected chi connectivity index (χ3v) is 10.0. The first-order chi connectivity index (χ1) is 22.2. The molecule has 0 spiro atoms. The summed E-state index contributed by atoms with van der Waals surface area (Å²) >= 11 is 0. The minimum atomic E-state index is -2.02. The number of phenolic OH excluding ortho intramolecular Hbond substituents is 2. The zero-order valence-electron chi connectivity index (χ0n) is 27.1. The number of Topliss-reactive ketones (excluding diaryl/α,β-unsaturated/α-hetero) is 1. The highest BCUT2D eigenvalue weighted by Gasteiger charge is 2.49. The number of piperazine rings is 1. The van der Waals surface area contributed by atoms with Crippen LogP contribution < -0.4 is 4.74 Å². The van der Waals surface area contributed by atoms with Gasteiger partial charge < -0.3 is 44.4 Å². The zero-order valence-corrected chi connectivity index (χ0v) is 27.1. The molecule has 0 amide bonds. The first kappa shape index (κ1) is 33.0. The number of carbonyl (C=O) groups excluding carboxylic acids is 3. The van der Waals surface area contributed by atoms with E-state index in [1.807, 2.05) is 6.92 Å². The Morgan fingerprint density at radius 1 is 1.04 bits per heavy atom.